The Hall–Kier alpha value is -13.3. The molecule has 0 heteroatoms. The zero-order valence-corrected chi connectivity index (χ0v) is 60.6. The number of aryl methyl sites for hydroxylation is 4. The van der Waals surface area contributed by atoms with Crippen molar-refractivity contribution in [3.63, 3.8) is 0 Å². The van der Waals surface area contributed by atoms with Crippen molar-refractivity contribution >= 4 is 0 Å². The summed E-state index contributed by atoms with van der Waals surface area (Å²) in [6.07, 6.45) is 0. The maximum atomic E-state index is 2.28. The maximum absolute atomic E-state index is 2.28. The molecule has 0 heterocycles. The maximum Gasteiger partial charge on any atom is -0.0105 e. The molecule has 17 rings (SSSR count). The predicted octanol–water partition coefficient (Wildman–Crippen LogP) is 29.7. The Morgan fingerprint density at radius 2 is 0.292 bits per heavy atom. The van der Waals surface area contributed by atoms with Crippen molar-refractivity contribution in [3.05, 3.63) is 459 Å². The predicted molar refractivity (Wildman–Crippen MR) is 455 cm³/mol. The first-order chi connectivity index (χ1) is 52.2. The van der Waals surface area contributed by atoms with Crippen molar-refractivity contribution in [1.82, 2.24) is 0 Å². The van der Waals surface area contributed by atoms with Crippen LogP contribution in [-0.4, -0.2) is 0 Å². The number of benzene rings is 17. The van der Waals surface area contributed by atoms with Crippen molar-refractivity contribution < 1.29 is 0 Å². The van der Waals surface area contributed by atoms with Gasteiger partial charge in [0.05, 0.1) is 0 Å². The normalized spacial score (nSPS) is 10.6. The van der Waals surface area contributed by atoms with Gasteiger partial charge in [-0.15, -0.1) is 0 Å². The zero-order chi connectivity index (χ0) is 72.2. The molecule has 17 aromatic rings. The van der Waals surface area contributed by atoms with Crippen LogP contribution in [0.1, 0.15) is 22.3 Å². The van der Waals surface area contributed by atoms with E-state index >= 15 is 0 Å². The van der Waals surface area contributed by atoms with Crippen molar-refractivity contribution in [2.75, 3.05) is 0 Å². The number of rotatable bonds is 13. The molecule has 0 aromatic heterocycles. The van der Waals surface area contributed by atoms with E-state index in [0.717, 1.165) is 0 Å². The lowest BCUT2D eigenvalue weighted by molar-refractivity contribution is 1.46. The van der Waals surface area contributed by atoms with E-state index < -0.39 is 0 Å². The SMILES string of the molecule is Cc1ccc(-c2ccccc2-c2ccc(-c3ccccc3)cc2)cc1.Cc1cccc(-c2ccccc2-c2ccc(-c3ccc(-c4ccccc4)cc3)cc2)c1.Cc1cccc(-c2ccccc2-c2ccc(-c3ccccc3)cc2)c1.Cc1ccccc1-c1cccc(-c2cccc(-c3ccccc3)c2)c1. The Balaban J connectivity index is 0.000000119. The van der Waals surface area contributed by atoms with Crippen LogP contribution in [0.5, 0.6) is 0 Å². The highest BCUT2D eigenvalue weighted by atomic mass is 14.2. The van der Waals surface area contributed by atoms with E-state index in [9.17, 15) is 0 Å². The molecule has 0 saturated carbocycles. The highest BCUT2D eigenvalue weighted by molar-refractivity contribution is 5.88. The summed E-state index contributed by atoms with van der Waals surface area (Å²) in [7, 11) is 0. The Bertz CT molecular complexity index is 5660. The van der Waals surface area contributed by atoms with Gasteiger partial charge in [0.25, 0.3) is 0 Å². The minimum Gasteiger partial charge on any atom is -0.0622 e. The summed E-state index contributed by atoms with van der Waals surface area (Å²) < 4.78 is 0. The van der Waals surface area contributed by atoms with E-state index in [1.54, 1.807) is 0 Å². The third kappa shape index (κ3) is 17.4. The van der Waals surface area contributed by atoms with Gasteiger partial charge < -0.3 is 0 Å². The highest BCUT2D eigenvalue weighted by Crippen LogP contribution is 2.39. The molecule has 0 atom stereocenters. The molecule has 0 bridgehead atoms. The first-order valence-corrected chi connectivity index (χ1v) is 36.6. The van der Waals surface area contributed by atoms with E-state index in [2.05, 4.69) is 464 Å². The van der Waals surface area contributed by atoms with E-state index in [1.807, 2.05) is 0 Å². The van der Waals surface area contributed by atoms with E-state index in [4.69, 9.17) is 0 Å². The van der Waals surface area contributed by atoms with Crippen LogP contribution in [-0.2, 0) is 0 Å². The molecule has 0 aliphatic rings. The molecule has 0 aliphatic heterocycles. The minimum absolute atomic E-state index is 1.23. The van der Waals surface area contributed by atoms with Gasteiger partial charge >= 0.3 is 0 Å². The third-order valence-corrected chi connectivity index (χ3v) is 19.6. The topological polar surface area (TPSA) is 0 Å². The highest BCUT2D eigenvalue weighted by Gasteiger charge is 2.13. The molecule has 508 valence electrons. The van der Waals surface area contributed by atoms with Gasteiger partial charge in [-0.3, -0.25) is 0 Å². The quantitative estimate of drug-likeness (QED) is 0.108. The van der Waals surface area contributed by atoms with Gasteiger partial charge in [0.1, 0.15) is 0 Å². The van der Waals surface area contributed by atoms with E-state index in [0.29, 0.717) is 0 Å². The van der Waals surface area contributed by atoms with Gasteiger partial charge in [0.2, 0.25) is 0 Å². The Kier molecular flexibility index (Phi) is 22.5. The fourth-order valence-electron chi connectivity index (χ4n) is 13.9. The smallest absolute Gasteiger partial charge is 0.0105 e. The lowest BCUT2D eigenvalue weighted by Gasteiger charge is -2.12. The summed E-state index contributed by atoms with van der Waals surface area (Å²) >= 11 is 0. The van der Waals surface area contributed by atoms with Gasteiger partial charge in [-0.2, -0.15) is 0 Å². The van der Waals surface area contributed by atoms with Crippen LogP contribution >= 0.6 is 0 Å². The van der Waals surface area contributed by atoms with Crippen molar-refractivity contribution in [2.45, 2.75) is 27.7 Å². The fourth-order valence-corrected chi connectivity index (χ4v) is 13.9. The molecule has 0 N–H and O–H groups in total. The summed E-state index contributed by atoms with van der Waals surface area (Å²) in [6.45, 7) is 8.57. The second-order valence-electron chi connectivity index (χ2n) is 27.0. The molecule has 0 nitrogen and oxygen atoms in total. The second-order valence-corrected chi connectivity index (χ2v) is 27.0. The first-order valence-electron chi connectivity index (χ1n) is 36.6. The second kappa shape index (κ2) is 34.1. The average molecular weight is 1360 g/mol. The summed E-state index contributed by atoms with van der Waals surface area (Å²) in [5.74, 6) is 0. The molecule has 0 unspecified atom stereocenters. The summed E-state index contributed by atoms with van der Waals surface area (Å²) in [5, 5.41) is 0. The summed E-state index contributed by atoms with van der Waals surface area (Å²) in [5.41, 5.74) is 37.8. The van der Waals surface area contributed by atoms with Crippen LogP contribution in [0.4, 0.5) is 0 Å². The van der Waals surface area contributed by atoms with Crippen LogP contribution in [0.2, 0.25) is 0 Å². The molecular formula is C106H84. The summed E-state index contributed by atoms with van der Waals surface area (Å²) in [4.78, 5) is 0. The van der Waals surface area contributed by atoms with Gasteiger partial charge in [-0.25, -0.2) is 0 Å². The molecule has 0 aliphatic carbocycles. The Morgan fingerprint density at radius 3 is 0.594 bits per heavy atom. The minimum atomic E-state index is 1.23. The third-order valence-electron chi connectivity index (χ3n) is 19.6. The Morgan fingerprint density at radius 1 is 0.104 bits per heavy atom. The molecule has 0 radical (unpaired) electrons. The van der Waals surface area contributed by atoms with Gasteiger partial charge in [0, 0.05) is 0 Å². The molecule has 17 aromatic carbocycles. The molecule has 0 spiro atoms. The average Bonchev–Trinajstić information content (AvgIpc) is 0.833. The van der Waals surface area contributed by atoms with Crippen LogP contribution in [0, 0.1) is 27.7 Å². The number of hydrogen-bond donors (Lipinski definition) is 0. The van der Waals surface area contributed by atoms with E-state index in [-0.39, 0.29) is 0 Å². The monoisotopic (exact) mass is 1360 g/mol. The van der Waals surface area contributed by atoms with Crippen LogP contribution in [0.15, 0.2) is 437 Å². The van der Waals surface area contributed by atoms with E-state index in [1.165, 1.54) is 167 Å². The molecule has 0 fully saturated rings. The van der Waals surface area contributed by atoms with Gasteiger partial charge in [-0.05, 0) is 190 Å². The lowest BCUT2D eigenvalue weighted by Crippen LogP contribution is -1.86. The largest absolute Gasteiger partial charge is 0.0622 e. The number of hydrogen-bond acceptors (Lipinski definition) is 0. The van der Waals surface area contributed by atoms with Crippen molar-refractivity contribution in [1.29, 1.82) is 0 Å². The van der Waals surface area contributed by atoms with Gasteiger partial charge in [-0.1, -0.05) is 441 Å². The van der Waals surface area contributed by atoms with Crippen LogP contribution < -0.4 is 0 Å². The van der Waals surface area contributed by atoms with Crippen LogP contribution in [0.25, 0.3) is 145 Å². The van der Waals surface area contributed by atoms with Gasteiger partial charge in [0.15, 0.2) is 0 Å². The molecule has 0 saturated heterocycles. The lowest BCUT2D eigenvalue weighted by atomic mass is 9.92. The first kappa shape index (κ1) is 69.8. The van der Waals surface area contributed by atoms with Crippen molar-refractivity contribution in [2.24, 2.45) is 0 Å². The molecule has 0 amide bonds. The summed E-state index contributed by atoms with van der Waals surface area (Å²) in [6, 6.07) is 156. The van der Waals surface area contributed by atoms with Crippen LogP contribution in [0.3, 0.4) is 0 Å². The fraction of sp³-hybridized carbons (Fsp3) is 0.0377. The van der Waals surface area contributed by atoms with Crippen molar-refractivity contribution in [3.8, 4) is 145 Å². The Labute approximate surface area is 627 Å². The zero-order valence-electron chi connectivity index (χ0n) is 60.6. The molecule has 106 heavy (non-hydrogen) atoms. The standard InChI is InChI=1S/C31H24.3C25H20/c1-23-8-7-11-29(22-23)31-13-6-5-12-30(31)28-20-18-27(19-21-28)26-16-14-25(15-17-26)24-9-3-2-4-10-24;1-19-9-5-6-16-25(19)24-15-8-14-23(18-24)22-13-7-12-21(17-22)20-10-3-2-4-11-20;1-19-8-7-11-23(18-19)25-13-6-5-12-24(25)22-16-14-21(15-17-22)20-9-3-2-4-10-20;1-19-11-13-22(14-12-19)24-9-5-6-10-25(24)23-17-15-21(16-18-23)20-7-3-2-4-8-20/h2-22H,1H3;3*2-18H,1H3. The molecular weight excluding hydrogens is 1270 g/mol.